The van der Waals surface area contributed by atoms with Crippen LogP contribution < -0.4 is 5.32 Å². The Morgan fingerprint density at radius 2 is 1.86 bits per heavy atom. The van der Waals surface area contributed by atoms with Gasteiger partial charge in [0, 0.05) is 18.0 Å². The number of benzene rings is 1. The van der Waals surface area contributed by atoms with E-state index in [9.17, 15) is 0 Å². The number of furan rings is 1. The van der Waals surface area contributed by atoms with Gasteiger partial charge < -0.3 is 9.73 Å². The molecule has 0 spiro atoms. The van der Waals surface area contributed by atoms with Gasteiger partial charge in [-0.15, -0.1) is 0 Å². The van der Waals surface area contributed by atoms with Crippen molar-refractivity contribution >= 4 is 23.2 Å². The van der Waals surface area contributed by atoms with Gasteiger partial charge in [0.2, 0.25) is 0 Å². The maximum atomic E-state index is 6.05. The minimum Gasteiger partial charge on any atom is -0.466 e. The highest BCUT2D eigenvalue weighted by molar-refractivity contribution is 6.42. The summed E-state index contributed by atoms with van der Waals surface area (Å²) in [4.78, 5) is 0. The van der Waals surface area contributed by atoms with Crippen LogP contribution in [0.1, 0.15) is 44.3 Å². The predicted molar refractivity (Wildman–Crippen MR) is 93.9 cm³/mol. The zero-order chi connectivity index (χ0) is 16.3. The summed E-state index contributed by atoms with van der Waals surface area (Å²) in [6.07, 6.45) is 0.987. The molecule has 0 saturated heterocycles. The molecular weight excluding hydrogens is 317 g/mol. The fourth-order valence-corrected chi connectivity index (χ4v) is 3.00. The lowest BCUT2D eigenvalue weighted by atomic mass is 9.83. The van der Waals surface area contributed by atoms with E-state index in [0.29, 0.717) is 16.1 Å². The Labute approximate surface area is 142 Å². The van der Waals surface area contributed by atoms with E-state index in [2.05, 4.69) is 32.2 Å². The fraction of sp³-hybridized carbons (Fsp3) is 0.444. The van der Waals surface area contributed by atoms with Gasteiger partial charge in [-0.1, -0.05) is 43.1 Å². The van der Waals surface area contributed by atoms with Crippen molar-refractivity contribution in [2.45, 2.75) is 52.1 Å². The predicted octanol–water partition coefficient (Wildman–Crippen LogP) is 5.74. The summed E-state index contributed by atoms with van der Waals surface area (Å²) in [5.74, 6) is 1.99. The Hall–Kier alpha value is -0.960. The monoisotopic (exact) mass is 339 g/mol. The maximum absolute atomic E-state index is 6.05. The molecule has 0 fully saturated rings. The molecule has 1 unspecified atom stereocenters. The standard InChI is InChI=1S/C18H23Cl2NO/c1-12(10-18(3,4)17-8-5-13(2)22-17)21-11-14-6-7-15(19)16(20)9-14/h5-9,12,21H,10-11H2,1-4H3. The average molecular weight is 340 g/mol. The van der Waals surface area contributed by atoms with Gasteiger partial charge in [-0.25, -0.2) is 0 Å². The van der Waals surface area contributed by atoms with Crippen LogP contribution in [0.4, 0.5) is 0 Å². The number of aryl methyl sites for hydroxylation is 1. The van der Waals surface area contributed by atoms with E-state index in [1.165, 1.54) is 0 Å². The van der Waals surface area contributed by atoms with Gasteiger partial charge in [-0.2, -0.15) is 0 Å². The van der Waals surface area contributed by atoms with Crippen LogP contribution in [-0.4, -0.2) is 6.04 Å². The molecule has 1 atom stereocenters. The van der Waals surface area contributed by atoms with Crippen LogP contribution in [0.2, 0.25) is 10.0 Å². The van der Waals surface area contributed by atoms with E-state index in [-0.39, 0.29) is 5.41 Å². The highest BCUT2D eigenvalue weighted by Gasteiger charge is 2.26. The molecule has 1 aromatic carbocycles. The molecular formula is C18H23Cl2NO. The second-order valence-corrected chi connectivity index (χ2v) is 7.34. The second-order valence-electron chi connectivity index (χ2n) is 6.53. The number of hydrogen-bond donors (Lipinski definition) is 1. The van der Waals surface area contributed by atoms with Crippen LogP contribution >= 0.6 is 23.2 Å². The van der Waals surface area contributed by atoms with Crippen LogP contribution in [0.3, 0.4) is 0 Å². The molecule has 1 heterocycles. The van der Waals surface area contributed by atoms with Crippen molar-refractivity contribution in [3.63, 3.8) is 0 Å². The van der Waals surface area contributed by atoms with Crippen LogP contribution in [0, 0.1) is 6.92 Å². The molecule has 2 nitrogen and oxygen atoms in total. The average Bonchev–Trinajstić information content (AvgIpc) is 2.87. The first-order chi connectivity index (χ1) is 10.3. The first kappa shape index (κ1) is 17.4. The summed E-state index contributed by atoms with van der Waals surface area (Å²) in [5.41, 5.74) is 1.13. The van der Waals surface area contributed by atoms with Crippen molar-refractivity contribution in [3.05, 3.63) is 57.5 Å². The zero-order valence-electron chi connectivity index (χ0n) is 13.5. The van der Waals surface area contributed by atoms with E-state index >= 15 is 0 Å². The first-order valence-electron chi connectivity index (χ1n) is 7.52. The van der Waals surface area contributed by atoms with Crippen LogP contribution in [0.25, 0.3) is 0 Å². The van der Waals surface area contributed by atoms with E-state index in [4.69, 9.17) is 27.6 Å². The Kier molecular flexibility index (Phi) is 5.60. The Bertz CT molecular complexity index is 634. The minimum absolute atomic E-state index is 0.00167. The number of rotatable bonds is 6. The molecule has 2 aromatic rings. The molecule has 4 heteroatoms. The zero-order valence-corrected chi connectivity index (χ0v) is 15.1. The quantitative estimate of drug-likeness (QED) is 0.725. The SMILES string of the molecule is Cc1ccc(C(C)(C)CC(C)NCc2ccc(Cl)c(Cl)c2)o1. The third-order valence-electron chi connectivity index (χ3n) is 3.86. The molecule has 0 aliphatic carbocycles. The fourth-order valence-electron chi connectivity index (χ4n) is 2.68. The third-order valence-corrected chi connectivity index (χ3v) is 4.60. The van der Waals surface area contributed by atoms with Crippen molar-refractivity contribution in [2.24, 2.45) is 0 Å². The van der Waals surface area contributed by atoms with Gasteiger partial charge in [-0.05, 0) is 50.1 Å². The topological polar surface area (TPSA) is 25.2 Å². The molecule has 0 bridgehead atoms. The van der Waals surface area contributed by atoms with Crippen LogP contribution in [0.5, 0.6) is 0 Å². The maximum Gasteiger partial charge on any atom is 0.109 e. The summed E-state index contributed by atoms with van der Waals surface area (Å²) in [6.45, 7) is 9.36. The summed E-state index contributed by atoms with van der Waals surface area (Å²) >= 11 is 12.0. The highest BCUT2D eigenvalue weighted by Crippen LogP contribution is 2.30. The molecule has 1 N–H and O–H groups in total. The van der Waals surface area contributed by atoms with Crippen molar-refractivity contribution in [1.82, 2.24) is 5.32 Å². The van der Waals surface area contributed by atoms with Crippen molar-refractivity contribution in [2.75, 3.05) is 0 Å². The van der Waals surface area contributed by atoms with Gasteiger partial charge in [0.1, 0.15) is 11.5 Å². The minimum atomic E-state index is -0.00167. The smallest absolute Gasteiger partial charge is 0.109 e. The summed E-state index contributed by atoms with van der Waals surface area (Å²) < 4.78 is 5.78. The van der Waals surface area contributed by atoms with Gasteiger partial charge in [0.25, 0.3) is 0 Å². The molecule has 0 radical (unpaired) electrons. The highest BCUT2D eigenvalue weighted by atomic mass is 35.5. The van der Waals surface area contributed by atoms with E-state index < -0.39 is 0 Å². The van der Waals surface area contributed by atoms with Gasteiger partial charge in [-0.3, -0.25) is 0 Å². The summed E-state index contributed by atoms with van der Waals surface area (Å²) in [5, 5.41) is 4.72. The molecule has 1 aromatic heterocycles. The van der Waals surface area contributed by atoms with Crippen molar-refractivity contribution in [1.29, 1.82) is 0 Å². The Balaban J connectivity index is 1.92. The summed E-state index contributed by atoms with van der Waals surface area (Å²) in [7, 11) is 0. The third kappa shape index (κ3) is 4.52. The van der Waals surface area contributed by atoms with E-state index in [1.807, 2.05) is 31.2 Å². The van der Waals surface area contributed by atoms with Gasteiger partial charge in [0.05, 0.1) is 10.0 Å². The van der Waals surface area contributed by atoms with E-state index in [0.717, 1.165) is 30.0 Å². The first-order valence-corrected chi connectivity index (χ1v) is 8.28. The van der Waals surface area contributed by atoms with E-state index in [1.54, 1.807) is 0 Å². The van der Waals surface area contributed by atoms with Crippen molar-refractivity contribution in [3.8, 4) is 0 Å². The lowest BCUT2D eigenvalue weighted by molar-refractivity contribution is 0.319. The Morgan fingerprint density at radius 1 is 1.14 bits per heavy atom. The summed E-state index contributed by atoms with van der Waals surface area (Å²) in [6, 6.07) is 10.2. The number of hydrogen-bond acceptors (Lipinski definition) is 2. The lowest BCUT2D eigenvalue weighted by Gasteiger charge is -2.26. The normalized spacial score (nSPS) is 13.4. The molecule has 120 valence electrons. The largest absolute Gasteiger partial charge is 0.466 e. The number of nitrogens with one attached hydrogen (secondary N) is 1. The van der Waals surface area contributed by atoms with Crippen molar-refractivity contribution < 1.29 is 4.42 Å². The molecule has 2 rings (SSSR count). The second kappa shape index (κ2) is 7.08. The Morgan fingerprint density at radius 3 is 2.45 bits per heavy atom. The molecule has 22 heavy (non-hydrogen) atoms. The molecule has 0 aliphatic heterocycles. The van der Waals surface area contributed by atoms with Crippen LogP contribution in [0.15, 0.2) is 34.7 Å². The van der Waals surface area contributed by atoms with Gasteiger partial charge in [0.15, 0.2) is 0 Å². The number of halogens is 2. The molecule has 0 amide bonds. The molecule has 0 aliphatic rings. The molecule has 0 saturated carbocycles. The lowest BCUT2D eigenvalue weighted by Crippen LogP contribution is -2.32. The van der Waals surface area contributed by atoms with Crippen LogP contribution in [-0.2, 0) is 12.0 Å². The van der Waals surface area contributed by atoms with Gasteiger partial charge >= 0.3 is 0 Å².